The van der Waals surface area contributed by atoms with Crippen LogP contribution in [0.1, 0.15) is 45.1 Å². The Bertz CT molecular complexity index is 950. The third-order valence-corrected chi connectivity index (χ3v) is 6.10. The highest BCUT2D eigenvalue weighted by molar-refractivity contribution is 5.83. The van der Waals surface area contributed by atoms with E-state index in [1.165, 1.54) is 0 Å². The van der Waals surface area contributed by atoms with E-state index < -0.39 is 11.8 Å². The van der Waals surface area contributed by atoms with Gasteiger partial charge in [-0.2, -0.15) is 0 Å². The van der Waals surface area contributed by atoms with Gasteiger partial charge < -0.3 is 19.7 Å². The number of halogens is 2. The van der Waals surface area contributed by atoms with E-state index in [1.807, 2.05) is 51.1 Å². The van der Waals surface area contributed by atoms with Crippen LogP contribution in [-0.2, 0) is 4.79 Å². The average molecular weight is 460 g/mol. The van der Waals surface area contributed by atoms with E-state index in [0.29, 0.717) is 12.3 Å². The van der Waals surface area contributed by atoms with Crippen molar-refractivity contribution in [1.82, 2.24) is 10.3 Å². The Morgan fingerprint density at radius 3 is 2.48 bits per heavy atom. The molecule has 0 bridgehead atoms. The average Bonchev–Trinajstić information content (AvgIpc) is 3.16. The summed E-state index contributed by atoms with van der Waals surface area (Å²) in [7, 11) is 0. The first-order valence-electron chi connectivity index (χ1n) is 11.5. The summed E-state index contributed by atoms with van der Waals surface area (Å²) in [5.74, 6) is -1.37. The van der Waals surface area contributed by atoms with Crippen molar-refractivity contribution < 1.29 is 23.0 Å². The molecule has 2 aromatic rings. The van der Waals surface area contributed by atoms with E-state index in [1.54, 1.807) is 12.3 Å². The number of rotatable bonds is 9. The fourth-order valence-electron chi connectivity index (χ4n) is 3.91. The minimum atomic E-state index is -2.57. The summed E-state index contributed by atoms with van der Waals surface area (Å²) >= 11 is 0. The van der Waals surface area contributed by atoms with Gasteiger partial charge in [-0.3, -0.25) is 4.79 Å². The molecule has 2 fully saturated rings. The van der Waals surface area contributed by atoms with Crippen molar-refractivity contribution in [2.45, 2.75) is 57.6 Å². The number of carbonyl (C=O) groups excluding carboxylic acids is 1. The highest BCUT2D eigenvalue weighted by atomic mass is 19.3. The molecule has 1 saturated heterocycles. The zero-order valence-corrected chi connectivity index (χ0v) is 19.3. The van der Waals surface area contributed by atoms with Crippen LogP contribution < -0.4 is 19.7 Å². The molecule has 2 heterocycles. The molecule has 1 aromatic carbocycles. The third kappa shape index (κ3) is 5.92. The molecule has 4 rings (SSSR count). The second-order valence-electron chi connectivity index (χ2n) is 9.25. The second kappa shape index (κ2) is 9.53. The molecule has 1 aromatic heterocycles. The summed E-state index contributed by atoms with van der Waals surface area (Å²) in [4.78, 5) is 18.8. The van der Waals surface area contributed by atoms with Crippen molar-refractivity contribution in [2.24, 2.45) is 5.92 Å². The Kier molecular flexibility index (Phi) is 6.72. The zero-order valence-electron chi connectivity index (χ0n) is 19.3. The largest absolute Gasteiger partial charge is 0.491 e. The van der Waals surface area contributed by atoms with Crippen LogP contribution in [0, 0.1) is 5.92 Å². The van der Waals surface area contributed by atoms with Crippen molar-refractivity contribution >= 4 is 11.7 Å². The molecule has 3 atom stereocenters. The number of nitrogens with zero attached hydrogens (tertiary/aromatic N) is 2. The van der Waals surface area contributed by atoms with Gasteiger partial charge in [0.25, 0.3) is 5.92 Å². The van der Waals surface area contributed by atoms with Crippen molar-refractivity contribution in [1.29, 1.82) is 0 Å². The lowest BCUT2D eigenvalue weighted by molar-refractivity contribution is -0.122. The highest BCUT2D eigenvalue weighted by Crippen LogP contribution is 2.48. The first kappa shape index (κ1) is 23.3. The fourth-order valence-corrected chi connectivity index (χ4v) is 3.91. The van der Waals surface area contributed by atoms with Crippen LogP contribution in [0.2, 0.25) is 0 Å². The van der Waals surface area contributed by atoms with E-state index >= 15 is 0 Å². The summed E-state index contributed by atoms with van der Waals surface area (Å²) in [5, 5.41) is 2.94. The summed E-state index contributed by atoms with van der Waals surface area (Å²) < 4.78 is 37.5. The highest BCUT2D eigenvalue weighted by Gasteiger charge is 2.57. The molecule has 0 spiro atoms. The number of benzene rings is 1. The van der Waals surface area contributed by atoms with E-state index in [0.717, 1.165) is 30.1 Å². The predicted octanol–water partition coefficient (Wildman–Crippen LogP) is 4.40. The maximum atomic E-state index is 13.0. The molecule has 2 aliphatic rings. The molecule has 1 aliphatic heterocycles. The van der Waals surface area contributed by atoms with Gasteiger partial charge in [-0.25, -0.2) is 13.8 Å². The smallest absolute Gasteiger partial charge is 0.255 e. The Labute approximate surface area is 193 Å². The summed E-state index contributed by atoms with van der Waals surface area (Å²) in [6.45, 7) is 7.33. The van der Waals surface area contributed by atoms with E-state index in [9.17, 15) is 13.6 Å². The van der Waals surface area contributed by atoms with Crippen LogP contribution >= 0.6 is 0 Å². The lowest BCUT2D eigenvalue weighted by Gasteiger charge is -2.19. The quantitative estimate of drug-likeness (QED) is 0.602. The van der Waals surface area contributed by atoms with Crippen LogP contribution in [0.25, 0.3) is 0 Å². The molecule has 6 nitrogen and oxygen atoms in total. The van der Waals surface area contributed by atoms with Gasteiger partial charge in [0.15, 0.2) is 0 Å². The minimum Gasteiger partial charge on any atom is -0.491 e. The van der Waals surface area contributed by atoms with Crippen LogP contribution in [0.3, 0.4) is 0 Å². The molecule has 178 valence electrons. The van der Waals surface area contributed by atoms with Crippen LogP contribution in [0.4, 0.5) is 14.6 Å². The molecular weight excluding hydrogens is 428 g/mol. The molecule has 1 aliphatic carbocycles. The minimum absolute atomic E-state index is 0.0134. The lowest BCUT2D eigenvalue weighted by atomic mass is 10.00. The number of carbonyl (C=O) groups is 1. The molecule has 1 amide bonds. The van der Waals surface area contributed by atoms with E-state index in [2.05, 4.69) is 15.2 Å². The number of pyridine rings is 1. The van der Waals surface area contributed by atoms with E-state index in [-0.39, 0.29) is 37.0 Å². The molecule has 8 heteroatoms. The van der Waals surface area contributed by atoms with Crippen molar-refractivity contribution in [3.05, 3.63) is 48.2 Å². The first-order chi connectivity index (χ1) is 15.7. The van der Waals surface area contributed by atoms with Crippen LogP contribution in [-0.4, -0.2) is 48.7 Å². The van der Waals surface area contributed by atoms with Crippen molar-refractivity contribution in [2.75, 3.05) is 24.6 Å². The molecule has 33 heavy (non-hydrogen) atoms. The van der Waals surface area contributed by atoms with Gasteiger partial charge in [0.05, 0.1) is 31.2 Å². The number of nitrogens with one attached hydrogen (secondary N) is 1. The van der Waals surface area contributed by atoms with Gasteiger partial charge in [-0.1, -0.05) is 12.1 Å². The zero-order chi connectivity index (χ0) is 23.6. The van der Waals surface area contributed by atoms with Crippen LogP contribution in [0.15, 0.2) is 42.6 Å². The van der Waals surface area contributed by atoms with Gasteiger partial charge in [-0.15, -0.1) is 0 Å². The van der Waals surface area contributed by atoms with Crippen molar-refractivity contribution in [3.8, 4) is 11.5 Å². The molecule has 0 radical (unpaired) electrons. The summed E-state index contributed by atoms with van der Waals surface area (Å²) in [5.41, 5.74) is 0.950. The summed E-state index contributed by atoms with van der Waals surface area (Å²) in [6, 6.07) is 11.4. The molecular formula is C25H31F2N3O3. The van der Waals surface area contributed by atoms with Gasteiger partial charge >= 0.3 is 0 Å². The standard InChI is InChI=1S/C25H31F2N3O3/c1-16(2)29-24(31)17(3)18-4-6-20(7-5-18)33-22-10-11-30(14-22)23-9-8-21(13-28-23)32-15-19-12-25(19,26)27/h4-9,13,16-17,19,22H,10-12,14-15H2,1-3H3,(H,29,31)/t17?,19?,22-/m1/s1. The Balaban J connectivity index is 1.25. The number of amides is 1. The normalized spacial score (nSPS) is 22.2. The SMILES string of the molecule is CC(C)NC(=O)C(C)c1ccc(O[C@@H]2CCN(c3ccc(OCC4CC4(F)F)cn3)C2)cc1. The lowest BCUT2D eigenvalue weighted by Crippen LogP contribution is -2.33. The topological polar surface area (TPSA) is 63.7 Å². The fraction of sp³-hybridized carbons (Fsp3) is 0.520. The first-order valence-corrected chi connectivity index (χ1v) is 11.5. The van der Waals surface area contributed by atoms with Crippen molar-refractivity contribution in [3.63, 3.8) is 0 Å². The second-order valence-corrected chi connectivity index (χ2v) is 9.25. The Morgan fingerprint density at radius 2 is 1.88 bits per heavy atom. The molecule has 1 N–H and O–H groups in total. The summed E-state index contributed by atoms with van der Waals surface area (Å²) in [6.07, 6.45) is 2.39. The van der Waals surface area contributed by atoms with Gasteiger partial charge in [0, 0.05) is 25.4 Å². The monoisotopic (exact) mass is 459 g/mol. The number of aromatic nitrogens is 1. The van der Waals surface area contributed by atoms with Gasteiger partial charge in [-0.05, 0) is 50.6 Å². The third-order valence-electron chi connectivity index (χ3n) is 6.10. The number of alkyl halides is 2. The molecule has 2 unspecified atom stereocenters. The van der Waals surface area contributed by atoms with Crippen LogP contribution in [0.5, 0.6) is 11.5 Å². The van der Waals surface area contributed by atoms with Gasteiger partial charge in [0.2, 0.25) is 5.91 Å². The Hall–Kier alpha value is -2.90. The molecule has 1 saturated carbocycles. The maximum Gasteiger partial charge on any atom is 0.255 e. The Morgan fingerprint density at radius 1 is 1.18 bits per heavy atom. The number of anilines is 1. The predicted molar refractivity (Wildman–Crippen MR) is 122 cm³/mol. The number of ether oxygens (including phenoxy) is 2. The van der Waals surface area contributed by atoms with Gasteiger partial charge in [0.1, 0.15) is 23.4 Å². The maximum absolute atomic E-state index is 13.0. The van der Waals surface area contributed by atoms with E-state index in [4.69, 9.17) is 9.47 Å². The number of hydrogen-bond acceptors (Lipinski definition) is 5. The number of hydrogen-bond donors (Lipinski definition) is 1.